The number of halogens is 3. The molecule has 0 bridgehead atoms. The van der Waals surface area contributed by atoms with Crippen LogP contribution < -0.4 is 57.3 Å². The average Bonchev–Trinajstić information content (AvgIpc) is 0.689. The largest absolute Gasteiger partial charge is 0.418 e. The molecule has 0 aromatic heterocycles. The lowest BCUT2D eigenvalue weighted by Gasteiger charge is -2.46. The van der Waals surface area contributed by atoms with E-state index in [0.29, 0.717) is 11.4 Å². The van der Waals surface area contributed by atoms with Gasteiger partial charge in [0.1, 0.15) is 0 Å². The fourth-order valence-electron chi connectivity index (χ4n) is 15.3. The molecule has 0 amide bonds. The van der Waals surface area contributed by atoms with E-state index >= 15 is 13.2 Å². The molecule has 4 aliphatic heterocycles. The lowest BCUT2D eigenvalue weighted by atomic mass is 9.31. The summed E-state index contributed by atoms with van der Waals surface area (Å²) in [6, 6.07) is 117. The van der Waals surface area contributed by atoms with Crippen molar-refractivity contribution in [1.29, 1.82) is 0 Å². The Morgan fingerprint density at radius 1 is 0.281 bits per heavy atom. The quantitative estimate of drug-likeness (QED) is 0.119. The lowest BCUT2D eigenvalue weighted by Crippen LogP contribution is -2.64. The van der Waals surface area contributed by atoms with Crippen molar-refractivity contribution in [3.8, 4) is 22.3 Å². The molecule has 0 aliphatic carbocycles. The number of alkyl halides is 3. The molecule has 0 radical (unpaired) electrons. The first-order chi connectivity index (χ1) is 47.3. The van der Waals surface area contributed by atoms with Crippen molar-refractivity contribution in [3.63, 3.8) is 0 Å². The second kappa shape index (κ2) is 23.1. The first kappa shape index (κ1) is 57.0. The van der Waals surface area contributed by atoms with Crippen LogP contribution in [-0.2, 0) is 6.18 Å². The molecular weight excluding hydrogens is 1200 g/mol. The van der Waals surface area contributed by atoms with Crippen molar-refractivity contribution >= 4 is 143 Å². The SMILES string of the molecule is FC(F)(F)c1ccccc1N1c2cc3c(cc2B2c4ccccc4N(c4ccccc4)c4cc(N(c5ccccc5)c5ccccc5)cc1c42)B1c2ccccc2N(c2ccccc2-c2ccccc2)c2cc(N(c4ccccc4)c4ccccc4-c4ccccc4)cc(c21)S3. The highest BCUT2D eigenvalue weighted by atomic mass is 32.2. The predicted molar refractivity (Wildman–Crippen MR) is 396 cm³/mol. The van der Waals surface area contributed by atoms with Gasteiger partial charge < -0.3 is 24.5 Å². The summed E-state index contributed by atoms with van der Waals surface area (Å²) in [7, 11) is 0. The Morgan fingerprint density at radius 2 is 0.708 bits per heavy atom. The Labute approximate surface area is 561 Å². The van der Waals surface area contributed by atoms with Gasteiger partial charge in [-0.25, -0.2) is 0 Å². The molecule has 0 atom stereocenters. The standard InChI is InChI=1S/C85H56B2F3N5S/c88-85(89,90)67-43-21-26-48-74(67)95-77-56-81-71(55-70(77)86-68-44-22-27-49-75(68)93(62-39-17-6-18-40-62)78-51-63(52-79(95)83(78)86)91(59-33-11-3-12-34-59)60-35-13-4-14-36-60)87-69-45-23-28-50-76(69)94(73-47-25-20-42-66(73)58-31-9-2-10-32-58)80-53-64(54-82(96-81)84(80)87)92(61-37-15-5-16-38-61)72-46-24-19-41-65(72)57-29-7-1-8-30-57/h1-56H. The Kier molecular flexibility index (Phi) is 13.7. The number of benzene rings is 14. The van der Waals surface area contributed by atoms with E-state index in [4.69, 9.17) is 0 Å². The summed E-state index contributed by atoms with van der Waals surface area (Å²) in [5.74, 6) is 0. The van der Waals surface area contributed by atoms with E-state index in [1.165, 1.54) is 12.1 Å². The van der Waals surface area contributed by atoms with Crippen LogP contribution in [0.15, 0.2) is 350 Å². The van der Waals surface area contributed by atoms with Crippen LogP contribution in [0.3, 0.4) is 0 Å². The van der Waals surface area contributed by atoms with Gasteiger partial charge in [0.25, 0.3) is 6.71 Å². The van der Waals surface area contributed by atoms with Gasteiger partial charge >= 0.3 is 6.18 Å². The predicted octanol–water partition coefficient (Wildman–Crippen LogP) is 19.8. The number of hydrogen-bond donors (Lipinski definition) is 0. The van der Waals surface area contributed by atoms with Crippen LogP contribution in [0, 0.1) is 0 Å². The van der Waals surface area contributed by atoms with Gasteiger partial charge in [-0.2, -0.15) is 13.2 Å². The lowest BCUT2D eigenvalue weighted by molar-refractivity contribution is -0.137. The number of nitrogens with zero attached hydrogens (tertiary/aromatic N) is 5. The van der Waals surface area contributed by atoms with Crippen molar-refractivity contribution in [1.82, 2.24) is 0 Å². The summed E-state index contributed by atoms with van der Waals surface area (Å²) < 4.78 is 49.0. The number of anilines is 15. The molecule has 0 fully saturated rings. The smallest absolute Gasteiger partial charge is 0.311 e. The van der Waals surface area contributed by atoms with Crippen LogP contribution in [0.2, 0.25) is 0 Å². The number of fused-ring (bicyclic) bond motifs is 8. The molecule has 4 aliphatic rings. The van der Waals surface area contributed by atoms with E-state index in [1.54, 1.807) is 23.9 Å². The van der Waals surface area contributed by atoms with E-state index in [0.717, 1.165) is 133 Å². The van der Waals surface area contributed by atoms with E-state index in [2.05, 4.69) is 280 Å². The van der Waals surface area contributed by atoms with Crippen LogP contribution in [-0.4, -0.2) is 13.4 Å². The monoisotopic (exact) mass is 1260 g/mol. The van der Waals surface area contributed by atoms with Gasteiger partial charge in [-0.3, -0.25) is 0 Å². The molecule has 96 heavy (non-hydrogen) atoms. The molecule has 454 valence electrons. The van der Waals surface area contributed by atoms with Gasteiger partial charge in [-0.15, -0.1) is 0 Å². The molecule has 0 spiro atoms. The Balaban J connectivity index is 0.938. The van der Waals surface area contributed by atoms with Crippen LogP contribution in [0.5, 0.6) is 0 Å². The molecule has 0 N–H and O–H groups in total. The minimum Gasteiger partial charge on any atom is -0.311 e. The zero-order valence-electron chi connectivity index (χ0n) is 51.8. The highest BCUT2D eigenvalue weighted by Gasteiger charge is 2.49. The van der Waals surface area contributed by atoms with Crippen LogP contribution in [0.25, 0.3) is 22.3 Å². The maximum Gasteiger partial charge on any atom is 0.418 e. The van der Waals surface area contributed by atoms with E-state index in [9.17, 15) is 0 Å². The Bertz CT molecular complexity index is 5280. The number of hydrogen-bond acceptors (Lipinski definition) is 6. The molecule has 4 heterocycles. The van der Waals surface area contributed by atoms with E-state index < -0.39 is 18.5 Å². The molecular formula is C85H56B2F3N5S. The fraction of sp³-hybridized carbons (Fsp3) is 0.0118. The third-order valence-corrected chi connectivity index (χ3v) is 20.4. The minimum atomic E-state index is -4.72. The Morgan fingerprint density at radius 3 is 1.31 bits per heavy atom. The molecule has 5 nitrogen and oxygen atoms in total. The van der Waals surface area contributed by atoms with Gasteiger partial charge in [-0.05, 0) is 154 Å². The third kappa shape index (κ3) is 9.36. The summed E-state index contributed by atoms with van der Waals surface area (Å²) >= 11 is 1.70. The Hall–Kier alpha value is -11.7. The highest BCUT2D eigenvalue weighted by Crippen LogP contribution is 2.54. The van der Waals surface area contributed by atoms with Gasteiger partial charge in [0, 0.05) is 83.5 Å². The topological polar surface area (TPSA) is 16.2 Å². The summed E-state index contributed by atoms with van der Waals surface area (Å²) in [6.45, 7) is -0.741. The van der Waals surface area contributed by atoms with Crippen LogP contribution >= 0.6 is 11.8 Å². The van der Waals surface area contributed by atoms with Gasteiger partial charge in [-0.1, -0.05) is 242 Å². The number of rotatable bonds is 11. The van der Waals surface area contributed by atoms with Crippen molar-refractivity contribution in [2.45, 2.75) is 16.0 Å². The summed E-state index contributed by atoms with van der Waals surface area (Å²) in [5, 5.41) is 0. The van der Waals surface area contributed by atoms with E-state index in [-0.39, 0.29) is 12.4 Å². The average molecular weight is 1260 g/mol. The second-order valence-electron chi connectivity index (χ2n) is 24.6. The molecule has 14 aromatic rings. The van der Waals surface area contributed by atoms with Crippen LogP contribution in [0.4, 0.5) is 98.5 Å². The zero-order valence-corrected chi connectivity index (χ0v) is 52.6. The van der Waals surface area contributed by atoms with Gasteiger partial charge in [0.2, 0.25) is 6.71 Å². The molecule has 14 aromatic carbocycles. The van der Waals surface area contributed by atoms with Gasteiger partial charge in [0.05, 0.1) is 28.3 Å². The number of para-hydroxylation sites is 9. The maximum absolute atomic E-state index is 16.3. The van der Waals surface area contributed by atoms with E-state index in [1.807, 2.05) is 59.5 Å². The van der Waals surface area contributed by atoms with Crippen molar-refractivity contribution in [3.05, 3.63) is 345 Å². The highest BCUT2D eigenvalue weighted by molar-refractivity contribution is 8.00. The van der Waals surface area contributed by atoms with Crippen molar-refractivity contribution in [2.24, 2.45) is 0 Å². The first-order valence-electron chi connectivity index (χ1n) is 32.4. The van der Waals surface area contributed by atoms with Gasteiger partial charge in [0.15, 0.2) is 0 Å². The third-order valence-electron chi connectivity index (χ3n) is 19.2. The summed E-state index contributed by atoms with van der Waals surface area (Å²) in [4.78, 5) is 13.3. The van der Waals surface area contributed by atoms with Crippen molar-refractivity contribution in [2.75, 3.05) is 24.5 Å². The molecule has 0 saturated carbocycles. The minimum absolute atomic E-state index is 0.0391. The maximum atomic E-state index is 16.3. The zero-order chi connectivity index (χ0) is 64.0. The molecule has 18 rings (SSSR count). The van der Waals surface area contributed by atoms with Crippen LogP contribution in [0.1, 0.15) is 5.56 Å². The molecule has 0 unspecified atom stereocenters. The summed E-state index contributed by atoms with van der Waals surface area (Å²) in [6.07, 6.45) is -4.72. The molecule has 11 heteroatoms. The first-order valence-corrected chi connectivity index (χ1v) is 33.2. The second-order valence-corrected chi connectivity index (χ2v) is 25.7. The normalized spacial score (nSPS) is 13.0. The fourth-order valence-corrected chi connectivity index (χ4v) is 16.5. The van der Waals surface area contributed by atoms with Crippen molar-refractivity contribution < 1.29 is 13.2 Å². The molecule has 0 saturated heterocycles. The summed E-state index contributed by atoms with van der Waals surface area (Å²) in [5.41, 5.74) is 22.7.